The molecule has 33 heavy (non-hydrogen) atoms. The van der Waals surface area contributed by atoms with Crippen molar-refractivity contribution in [3.63, 3.8) is 0 Å². The van der Waals surface area contributed by atoms with E-state index in [0.717, 1.165) is 30.9 Å². The minimum absolute atomic E-state index is 0.00878. The largest absolute Gasteiger partial charge is 0.493 e. The van der Waals surface area contributed by atoms with Crippen molar-refractivity contribution >= 4 is 17.7 Å². The Morgan fingerprint density at radius 1 is 0.939 bits per heavy atom. The van der Waals surface area contributed by atoms with E-state index < -0.39 is 0 Å². The summed E-state index contributed by atoms with van der Waals surface area (Å²) < 4.78 is 11.6. The molecule has 0 atom stereocenters. The number of hydrogen-bond acceptors (Lipinski definition) is 5. The van der Waals surface area contributed by atoms with Gasteiger partial charge in [0.2, 0.25) is 0 Å². The van der Waals surface area contributed by atoms with Crippen LogP contribution in [0.4, 0.5) is 0 Å². The van der Waals surface area contributed by atoms with Gasteiger partial charge in [-0.1, -0.05) is 24.3 Å². The summed E-state index contributed by atoms with van der Waals surface area (Å²) in [6, 6.07) is 20.4. The van der Waals surface area contributed by atoms with E-state index in [2.05, 4.69) is 41.5 Å². The maximum absolute atomic E-state index is 12.0. The molecular weight excluding hydrogens is 432 g/mol. The zero-order valence-corrected chi connectivity index (χ0v) is 20.4. The lowest BCUT2D eigenvalue weighted by Crippen LogP contribution is -2.21. The molecule has 1 aliphatic rings. The number of ether oxygens (including phenoxy) is 2. The molecule has 6 heteroatoms. The van der Waals surface area contributed by atoms with E-state index in [-0.39, 0.29) is 5.91 Å². The highest BCUT2D eigenvalue weighted by molar-refractivity contribution is 7.98. The fourth-order valence-corrected chi connectivity index (χ4v) is 4.50. The first-order valence-corrected chi connectivity index (χ1v) is 12.2. The predicted molar refractivity (Wildman–Crippen MR) is 133 cm³/mol. The minimum Gasteiger partial charge on any atom is -0.493 e. The fourth-order valence-electron chi connectivity index (χ4n) is 4.03. The van der Waals surface area contributed by atoms with Crippen LogP contribution in [0.2, 0.25) is 0 Å². The van der Waals surface area contributed by atoms with Crippen molar-refractivity contribution in [2.24, 2.45) is 0 Å². The van der Waals surface area contributed by atoms with Crippen LogP contribution in [0.5, 0.6) is 11.5 Å². The Morgan fingerprint density at radius 3 is 2.36 bits per heavy atom. The van der Waals surface area contributed by atoms with Gasteiger partial charge < -0.3 is 14.4 Å². The van der Waals surface area contributed by atoms with Crippen molar-refractivity contribution in [3.05, 3.63) is 88.5 Å². The lowest BCUT2D eigenvalue weighted by Gasteiger charge is -2.17. The van der Waals surface area contributed by atoms with Crippen molar-refractivity contribution < 1.29 is 14.3 Å². The number of hydrogen-bond donors (Lipinski definition) is 0. The van der Waals surface area contributed by atoms with Gasteiger partial charge in [0, 0.05) is 44.2 Å². The SMILES string of the molecule is COc1cc(CN2Cc3ccc(SC)cc3C2)ccc1OCc1ccc(C(=O)N(C)C)cc1. The predicted octanol–water partition coefficient (Wildman–Crippen LogP) is 5.21. The van der Waals surface area contributed by atoms with Gasteiger partial charge in [0.15, 0.2) is 11.5 Å². The first-order valence-electron chi connectivity index (χ1n) is 11.0. The molecule has 0 saturated carbocycles. The third-order valence-corrected chi connectivity index (χ3v) is 6.56. The van der Waals surface area contributed by atoms with Gasteiger partial charge in [-0.25, -0.2) is 0 Å². The second-order valence-electron chi connectivity index (χ2n) is 8.45. The topological polar surface area (TPSA) is 42.0 Å². The maximum Gasteiger partial charge on any atom is 0.253 e. The van der Waals surface area contributed by atoms with Crippen LogP contribution in [-0.4, -0.2) is 43.2 Å². The monoisotopic (exact) mass is 462 g/mol. The van der Waals surface area contributed by atoms with E-state index in [1.807, 2.05) is 30.3 Å². The highest BCUT2D eigenvalue weighted by atomic mass is 32.2. The molecule has 0 aliphatic carbocycles. The highest BCUT2D eigenvalue weighted by Gasteiger charge is 2.20. The molecule has 172 valence electrons. The summed E-state index contributed by atoms with van der Waals surface area (Å²) in [6.07, 6.45) is 2.12. The third-order valence-electron chi connectivity index (χ3n) is 5.84. The molecule has 0 fully saturated rings. The summed E-state index contributed by atoms with van der Waals surface area (Å²) in [5, 5.41) is 0. The third kappa shape index (κ3) is 5.52. The molecule has 0 N–H and O–H groups in total. The summed E-state index contributed by atoms with van der Waals surface area (Å²) in [7, 11) is 5.17. The zero-order chi connectivity index (χ0) is 23.4. The van der Waals surface area contributed by atoms with Crippen LogP contribution < -0.4 is 9.47 Å². The second-order valence-corrected chi connectivity index (χ2v) is 9.33. The Morgan fingerprint density at radius 2 is 1.67 bits per heavy atom. The number of carbonyl (C=O) groups is 1. The number of thioether (sulfide) groups is 1. The van der Waals surface area contributed by atoms with Crippen molar-refractivity contribution in [1.82, 2.24) is 9.80 Å². The molecule has 0 saturated heterocycles. The van der Waals surface area contributed by atoms with Crippen molar-refractivity contribution in [2.75, 3.05) is 27.5 Å². The fraction of sp³-hybridized carbons (Fsp3) is 0.296. The molecule has 0 spiro atoms. The number of rotatable bonds is 8. The van der Waals surface area contributed by atoms with Gasteiger partial charge in [0.25, 0.3) is 5.91 Å². The van der Waals surface area contributed by atoms with Gasteiger partial charge in [0.1, 0.15) is 6.61 Å². The second kappa shape index (κ2) is 10.3. The molecule has 3 aromatic carbocycles. The summed E-state index contributed by atoms with van der Waals surface area (Å²) in [4.78, 5) is 17.4. The van der Waals surface area contributed by atoms with Crippen LogP contribution in [0.25, 0.3) is 0 Å². The number of carbonyl (C=O) groups excluding carboxylic acids is 1. The Balaban J connectivity index is 1.37. The van der Waals surface area contributed by atoms with E-state index in [1.165, 1.54) is 21.6 Å². The lowest BCUT2D eigenvalue weighted by molar-refractivity contribution is 0.0827. The van der Waals surface area contributed by atoms with E-state index >= 15 is 0 Å². The molecule has 0 radical (unpaired) electrons. The Hall–Kier alpha value is -2.96. The van der Waals surface area contributed by atoms with Crippen LogP contribution in [0.1, 0.15) is 32.6 Å². The van der Waals surface area contributed by atoms with E-state index in [9.17, 15) is 4.79 Å². The average molecular weight is 463 g/mol. The zero-order valence-electron chi connectivity index (χ0n) is 19.6. The lowest BCUT2D eigenvalue weighted by atomic mass is 10.1. The molecule has 5 nitrogen and oxygen atoms in total. The number of fused-ring (bicyclic) bond motifs is 1. The number of methoxy groups -OCH3 is 1. The Kier molecular flexibility index (Phi) is 7.26. The molecule has 3 aromatic rings. The van der Waals surface area contributed by atoms with Crippen molar-refractivity contribution in [2.45, 2.75) is 31.1 Å². The van der Waals surface area contributed by atoms with Gasteiger partial charge in [-0.3, -0.25) is 9.69 Å². The van der Waals surface area contributed by atoms with Crippen LogP contribution in [0.15, 0.2) is 65.6 Å². The molecule has 1 amide bonds. The Labute approximate surface area is 200 Å². The van der Waals surface area contributed by atoms with Crippen LogP contribution in [-0.2, 0) is 26.2 Å². The van der Waals surface area contributed by atoms with Crippen LogP contribution in [0, 0.1) is 0 Å². The number of nitrogens with zero attached hydrogens (tertiary/aromatic N) is 2. The Bertz CT molecular complexity index is 1130. The normalized spacial score (nSPS) is 13.0. The van der Waals surface area contributed by atoms with E-state index in [4.69, 9.17) is 9.47 Å². The molecule has 1 heterocycles. The summed E-state index contributed by atoms with van der Waals surface area (Å²) >= 11 is 1.79. The smallest absolute Gasteiger partial charge is 0.253 e. The maximum atomic E-state index is 12.0. The minimum atomic E-state index is -0.00878. The highest BCUT2D eigenvalue weighted by Crippen LogP contribution is 2.32. The standard InChI is InChI=1S/C27H30N2O3S/c1-28(2)27(30)21-8-5-19(6-9-21)18-32-25-12-7-20(13-26(25)31-3)15-29-16-22-10-11-24(33-4)14-23(22)17-29/h5-14H,15-18H2,1-4H3. The molecule has 4 rings (SSSR count). The first-order chi connectivity index (χ1) is 16.0. The van der Waals surface area contributed by atoms with Crippen molar-refractivity contribution in [3.8, 4) is 11.5 Å². The van der Waals surface area contributed by atoms with Gasteiger partial charge >= 0.3 is 0 Å². The summed E-state index contributed by atoms with van der Waals surface area (Å²) in [5.41, 5.74) is 5.70. The van der Waals surface area contributed by atoms with Crippen molar-refractivity contribution in [1.29, 1.82) is 0 Å². The van der Waals surface area contributed by atoms with Crippen LogP contribution >= 0.6 is 11.8 Å². The van der Waals surface area contributed by atoms with Gasteiger partial charge in [-0.05, 0) is 64.9 Å². The first kappa shape index (κ1) is 23.2. The quantitative estimate of drug-likeness (QED) is 0.430. The molecule has 0 aromatic heterocycles. The number of amides is 1. The van der Waals surface area contributed by atoms with E-state index in [1.54, 1.807) is 37.9 Å². The summed E-state index contributed by atoms with van der Waals surface area (Å²) in [6.45, 7) is 3.21. The van der Waals surface area contributed by atoms with E-state index in [0.29, 0.717) is 17.9 Å². The van der Waals surface area contributed by atoms with Gasteiger partial charge in [0.05, 0.1) is 7.11 Å². The number of benzene rings is 3. The van der Waals surface area contributed by atoms with Gasteiger partial charge in [-0.2, -0.15) is 0 Å². The van der Waals surface area contributed by atoms with Crippen LogP contribution in [0.3, 0.4) is 0 Å². The average Bonchev–Trinajstić information content (AvgIpc) is 3.24. The summed E-state index contributed by atoms with van der Waals surface area (Å²) in [5.74, 6) is 1.43. The molecule has 0 bridgehead atoms. The van der Waals surface area contributed by atoms with Gasteiger partial charge in [-0.15, -0.1) is 11.8 Å². The molecule has 0 unspecified atom stereocenters. The molecule has 1 aliphatic heterocycles. The molecular formula is C27H30N2O3S.